The van der Waals surface area contributed by atoms with Gasteiger partial charge in [-0.3, -0.25) is 0 Å². The zero-order valence-electron chi connectivity index (χ0n) is 17.0. The van der Waals surface area contributed by atoms with Crippen LogP contribution in [0.25, 0.3) is 5.76 Å². The molecule has 5 heteroatoms. The number of piperidine rings is 1. The van der Waals surface area contributed by atoms with Gasteiger partial charge in [0.2, 0.25) is 0 Å². The quantitative estimate of drug-likeness (QED) is 0.586. The second-order valence-corrected chi connectivity index (χ2v) is 9.48. The molecule has 0 N–H and O–H groups in total. The second-order valence-electron chi connectivity index (χ2n) is 8.59. The lowest BCUT2D eigenvalue weighted by molar-refractivity contribution is 0.154. The molecule has 2 fully saturated rings. The average Bonchev–Trinajstić information content (AvgIpc) is 3.48. The van der Waals surface area contributed by atoms with Crippen LogP contribution in [0.15, 0.2) is 47.5 Å². The molecule has 5 rings (SSSR count). The Morgan fingerprint density at radius 3 is 2.76 bits per heavy atom. The zero-order chi connectivity index (χ0) is 19.5. The number of rotatable bonds is 5. The number of likely N-dealkylation sites (tertiary alicyclic amines) is 1. The SMILES string of the molecule is C1=CCCC(CC2=COC=C(c3csc(C4CCN(C5CCCC5)CC4)n3)O2)=C1. The van der Waals surface area contributed by atoms with Crippen LogP contribution in [0.4, 0.5) is 0 Å². The third-order valence-electron chi connectivity index (χ3n) is 6.61. The first kappa shape index (κ1) is 19.1. The molecule has 2 aliphatic carbocycles. The summed E-state index contributed by atoms with van der Waals surface area (Å²) >= 11 is 1.77. The molecule has 154 valence electrons. The van der Waals surface area contributed by atoms with E-state index in [0.29, 0.717) is 5.92 Å². The van der Waals surface area contributed by atoms with E-state index in [2.05, 4.69) is 28.5 Å². The molecule has 1 aromatic rings. The normalized spacial score (nSPS) is 23.9. The van der Waals surface area contributed by atoms with Crippen LogP contribution < -0.4 is 0 Å². The number of thiazole rings is 1. The van der Waals surface area contributed by atoms with Crippen molar-refractivity contribution >= 4 is 17.1 Å². The molecule has 0 amide bonds. The van der Waals surface area contributed by atoms with E-state index >= 15 is 0 Å². The molecule has 0 spiro atoms. The molecule has 29 heavy (non-hydrogen) atoms. The number of nitrogens with zero attached hydrogens (tertiary/aromatic N) is 2. The minimum absolute atomic E-state index is 0.589. The molecule has 2 aliphatic heterocycles. The maximum atomic E-state index is 6.13. The van der Waals surface area contributed by atoms with E-state index in [1.807, 2.05) is 0 Å². The number of hydrogen-bond acceptors (Lipinski definition) is 5. The van der Waals surface area contributed by atoms with Gasteiger partial charge in [-0.2, -0.15) is 0 Å². The fourth-order valence-electron chi connectivity index (χ4n) is 4.94. The van der Waals surface area contributed by atoms with E-state index in [-0.39, 0.29) is 0 Å². The minimum atomic E-state index is 0.589. The highest BCUT2D eigenvalue weighted by molar-refractivity contribution is 7.09. The molecular formula is C24H30N2O2S. The Morgan fingerprint density at radius 2 is 1.97 bits per heavy atom. The lowest BCUT2D eigenvalue weighted by Crippen LogP contribution is -2.39. The van der Waals surface area contributed by atoms with Gasteiger partial charge in [-0.15, -0.1) is 11.3 Å². The van der Waals surface area contributed by atoms with Crippen molar-refractivity contribution in [3.8, 4) is 0 Å². The summed E-state index contributed by atoms with van der Waals surface area (Å²) in [5, 5.41) is 3.38. The van der Waals surface area contributed by atoms with Gasteiger partial charge in [0.1, 0.15) is 24.0 Å². The van der Waals surface area contributed by atoms with Gasteiger partial charge in [-0.25, -0.2) is 4.98 Å². The Balaban J connectivity index is 1.17. The van der Waals surface area contributed by atoms with E-state index in [9.17, 15) is 0 Å². The van der Waals surface area contributed by atoms with Gasteiger partial charge in [0.05, 0.1) is 5.01 Å². The van der Waals surface area contributed by atoms with E-state index < -0.39 is 0 Å². The molecule has 0 radical (unpaired) electrons. The van der Waals surface area contributed by atoms with Crippen molar-refractivity contribution in [1.29, 1.82) is 0 Å². The Morgan fingerprint density at radius 1 is 1.10 bits per heavy atom. The van der Waals surface area contributed by atoms with Gasteiger partial charge < -0.3 is 14.4 Å². The maximum Gasteiger partial charge on any atom is 0.188 e. The molecule has 4 aliphatic rings. The molecular weight excluding hydrogens is 380 g/mol. The summed E-state index contributed by atoms with van der Waals surface area (Å²) in [7, 11) is 0. The fraction of sp³-hybridized carbons (Fsp3) is 0.542. The Kier molecular flexibility index (Phi) is 5.86. The first-order chi connectivity index (χ1) is 14.3. The Hall–Kier alpha value is -1.85. The van der Waals surface area contributed by atoms with Gasteiger partial charge in [0, 0.05) is 23.8 Å². The highest BCUT2D eigenvalue weighted by atomic mass is 32.1. The van der Waals surface area contributed by atoms with Crippen LogP contribution in [0.1, 0.15) is 74.4 Å². The molecule has 1 aromatic heterocycles. The largest absolute Gasteiger partial charge is 0.465 e. The highest BCUT2D eigenvalue weighted by Crippen LogP contribution is 2.36. The molecule has 1 saturated heterocycles. The van der Waals surface area contributed by atoms with Crippen LogP contribution >= 0.6 is 11.3 Å². The average molecular weight is 411 g/mol. The summed E-state index contributed by atoms with van der Waals surface area (Å²) in [6.45, 7) is 2.45. The van der Waals surface area contributed by atoms with Crippen LogP contribution in [-0.4, -0.2) is 29.0 Å². The summed E-state index contributed by atoms with van der Waals surface area (Å²) < 4.78 is 11.7. The van der Waals surface area contributed by atoms with Crippen molar-refractivity contribution in [3.63, 3.8) is 0 Å². The molecule has 0 aromatic carbocycles. The lowest BCUT2D eigenvalue weighted by atomic mass is 9.96. The van der Waals surface area contributed by atoms with E-state index in [4.69, 9.17) is 14.5 Å². The third-order valence-corrected chi connectivity index (χ3v) is 7.62. The van der Waals surface area contributed by atoms with Crippen LogP contribution in [0.3, 0.4) is 0 Å². The smallest absolute Gasteiger partial charge is 0.188 e. The summed E-state index contributed by atoms with van der Waals surface area (Å²) in [5.74, 6) is 2.19. The second kappa shape index (κ2) is 8.88. The van der Waals surface area contributed by atoms with Gasteiger partial charge >= 0.3 is 0 Å². The molecule has 0 bridgehead atoms. The van der Waals surface area contributed by atoms with Crippen LogP contribution in [0.5, 0.6) is 0 Å². The number of hydrogen-bond donors (Lipinski definition) is 0. The van der Waals surface area contributed by atoms with Crippen LogP contribution in [-0.2, 0) is 9.47 Å². The standard InChI is InChI=1S/C24H30N2O2S/c1-2-6-18(7-3-1)14-21-15-27-16-23(28-21)22-17-29-24(25-22)19-10-12-26(13-11-19)20-8-4-5-9-20/h1-2,6,15-17,19-20H,3-5,7-14H2. The molecule has 0 unspecified atom stereocenters. The predicted octanol–water partition coefficient (Wildman–Crippen LogP) is 6.12. The fourth-order valence-corrected chi connectivity index (χ4v) is 5.92. The number of ether oxygens (including phenoxy) is 2. The number of allylic oxidation sites excluding steroid dienone is 4. The Bertz CT molecular complexity index is 837. The molecule has 3 heterocycles. The lowest BCUT2D eigenvalue weighted by Gasteiger charge is -2.35. The van der Waals surface area contributed by atoms with Crippen molar-refractivity contribution in [2.75, 3.05) is 13.1 Å². The predicted molar refractivity (Wildman–Crippen MR) is 117 cm³/mol. The maximum absolute atomic E-state index is 6.13. The van der Waals surface area contributed by atoms with Gasteiger partial charge in [-0.1, -0.05) is 36.6 Å². The van der Waals surface area contributed by atoms with Gasteiger partial charge in [-0.05, 0) is 51.6 Å². The monoisotopic (exact) mass is 410 g/mol. The minimum Gasteiger partial charge on any atom is -0.465 e. The first-order valence-corrected chi connectivity index (χ1v) is 12.0. The van der Waals surface area contributed by atoms with E-state index in [0.717, 1.165) is 42.5 Å². The summed E-state index contributed by atoms with van der Waals surface area (Å²) in [4.78, 5) is 7.66. The van der Waals surface area contributed by atoms with Crippen molar-refractivity contribution < 1.29 is 9.47 Å². The summed E-state index contributed by atoms with van der Waals surface area (Å²) in [6.07, 6.45) is 21.0. The van der Waals surface area contributed by atoms with E-state index in [1.54, 1.807) is 23.9 Å². The Labute approximate surface area is 177 Å². The molecule has 1 saturated carbocycles. The van der Waals surface area contributed by atoms with Crippen LogP contribution in [0, 0.1) is 0 Å². The summed E-state index contributed by atoms with van der Waals surface area (Å²) in [5.41, 5.74) is 2.29. The van der Waals surface area contributed by atoms with Crippen molar-refractivity contribution in [2.45, 2.75) is 69.7 Å². The molecule has 0 atom stereocenters. The van der Waals surface area contributed by atoms with Crippen LogP contribution in [0.2, 0.25) is 0 Å². The van der Waals surface area contributed by atoms with Gasteiger partial charge in [0.25, 0.3) is 0 Å². The van der Waals surface area contributed by atoms with Crippen molar-refractivity contribution in [1.82, 2.24) is 9.88 Å². The molecule has 4 nitrogen and oxygen atoms in total. The number of aromatic nitrogens is 1. The van der Waals surface area contributed by atoms with Gasteiger partial charge in [0.15, 0.2) is 5.76 Å². The van der Waals surface area contributed by atoms with Crippen molar-refractivity contribution in [3.05, 3.63) is 58.2 Å². The highest BCUT2D eigenvalue weighted by Gasteiger charge is 2.29. The van der Waals surface area contributed by atoms with Crippen molar-refractivity contribution in [2.24, 2.45) is 0 Å². The zero-order valence-corrected chi connectivity index (χ0v) is 17.8. The third kappa shape index (κ3) is 4.51. The first-order valence-electron chi connectivity index (χ1n) is 11.1. The summed E-state index contributed by atoms with van der Waals surface area (Å²) in [6, 6.07) is 0.848. The van der Waals surface area contributed by atoms with E-state index in [1.165, 1.54) is 62.2 Å². The topological polar surface area (TPSA) is 34.6 Å².